The highest BCUT2D eigenvalue weighted by molar-refractivity contribution is 6.06. The van der Waals surface area contributed by atoms with Gasteiger partial charge in [-0.15, -0.1) is 0 Å². The Morgan fingerprint density at radius 3 is 2.45 bits per heavy atom. The lowest BCUT2D eigenvalue weighted by Gasteiger charge is -2.12. The van der Waals surface area contributed by atoms with Crippen molar-refractivity contribution in [3.63, 3.8) is 0 Å². The lowest BCUT2D eigenvalue weighted by molar-refractivity contribution is -0.112. The van der Waals surface area contributed by atoms with Gasteiger partial charge < -0.3 is 25.2 Å². The maximum Gasteiger partial charge on any atom is 0.267 e. The number of phenolic OH excluding ortho intramolecular Hbond substituents is 1. The van der Waals surface area contributed by atoms with Crippen LogP contribution in [0, 0.1) is 11.3 Å². The number of nitrogens with zero attached hydrogens (tertiary/aromatic N) is 1. The van der Waals surface area contributed by atoms with Crippen molar-refractivity contribution in [2.24, 2.45) is 0 Å². The minimum absolute atomic E-state index is 0.0419. The number of phenols is 1. The van der Waals surface area contributed by atoms with Crippen LogP contribution in [0.3, 0.4) is 0 Å². The van der Waals surface area contributed by atoms with Crippen LogP contribution >= 0.6 is 0 Å². The zero-order valence-corrected chi connectivity index (χ0v) is 16.6. The van der Waals surface area contributed by atoms with Gasteiger partial charge in [-0.25, -0.2) is 0 Å². The molecule has 0 spiro atoms. The van der Waals surface area contributed by atoms with Crippen molar-refractivity contribution in [3.8, 4) is 23.3 Å². The number of carbonyl (C=O) groups excluding carboxylic acids is 1. The van der Waals surface area contributed by atoms with Crippen LogP contribution in [0.2, 0.25) is 0 Å². The highest BCUT2D eigenvalue weighted by Gasteiger charge is 2.09. The summed E-state index contributed by atoms with van der Waals surface area (Å²) in [6.07, 6.45) is 2.08. The molecule has 29 heavy (non-hydrogen) atoms. The molecule has 1 amide bonds. The van der Waals surface area contributed by atoms with Gasteiger partial charge >= 0.3 is 0 Å². The van der Waals surface area contributed by atoms with E-state index in [1.807, 2.05) is 38.1 Å². The topological polar surface area (TPSA) is 104 Å². The van der Waals surface area contributed by atoms with E-state index in [0.29, 0.717) is 43.4 Å². The van der Waals surface area contributed by atoms with Crippen molar-refractivity contribution in [2.45, 2.75) is 20.3 Å². The van der Waals surface area contributed by atoms with Gasteiger partial charge in [0.25, 0.3) is 5.91 Å². The average Bonchev–Trinajstić information content (AvgIpc) is 2.72. The number of benzene rings is 2. The van der Waals surface area contributed by atoms with Crippen LogP contribution in [0.15, 0.2) is 54.2 Å². The molecule has 3 N–H and O–H groups in total. The second-order valence-electron chi connectivity index (χ2n) is 6.02. The maximum absolute atomic E-state index is 12.2. The highest BCUT2D eigenvalue weighted by atomic mass is 16.5. The fraction of sp³-hybridized carbons (Fsp3) is 0.273. The standard InChI is InChI=1S/C22H25N3O4/c1-3-28-20-10-5-16(13-21(20)29-4-2)11-12-24-15-17(14-23)22(27)25-18-6-8-19(26)9-7-18/h5-10,13,15,24,26H,3-4,11-12H2,1-2H3,(H,25,27)/b17-15-. The molecule has 0 unspecified atom stereocenters. The largest absolute Gasteiger partial charge is 0.508 e. The van der Waals surface area contributed by atoms with Crippen LogP contribution in [-0.4, -0.2) is 30.8 Å². The van der Waals surface area contributed by atoms with E-state index in [2.05, 4.69) is 10.6 Å². The number of ether oxygens (including phenoxy) is 2. The molecule has 0 aliphatic carbocycles. The van der Waals surface area contributed by atoms with Crippen molar-refractivity contribution in [2.75, 3.05) is 25.1 Å². The van der Waals surface area contributed by atoms with E-state index >= 15 is 0 Å². The molecular formula is C22H25N3O4. The minimum atomic E-state index is -0.523. The van der Waals surface area contributed by atoms with Gasteiger partial charge in [0.1, 0.15) is 17.4 Å². The Kier molecular flexibility index (Phi) is 8.39. The molecular weight excluding hydrogens is 370 g/mol. The predicted molar refractivity (Wildman–Crippen MR) is 111 cm³/mol. The summed E-state index contributed by atoms with van der Waals surface area (Å²) < 4.78 is 11.2. The van der Waals surface area contributed by atoms with E-state index in [-0.39, 0.29) is 11.3 Å². The monoisotopic (exact) mass is 395 g/mol. The molecule has 0 radical (unpaired) electrons. The normalized spacial score (nSPS) is 10.7. The summed E-state index contributed by atoms with van der Waals surface area (Å²) in [6, 6.07) is 13.7. The van der Waals surface area contributed by atoms with Crippen LogP contribution in [0.5, 0.6) is 17.2 Å². The summed E-state index contributed by atoms with van der Waals surface area (Å²) in [5, 5.41) is 24.1. The van der Waals surface area contributed by atoms with Gasteiger partial charge in [-0.1, -0.05) is 6.07 Å². The number of nitriles is 1. The molecule has 2 aromatic carbocycles. The van der Waals surface area contributed by atoms with Crippen molar-refractivity contribution in [3.05, 3.63) is 59.8 Å². The first kappa shape index (κ1) is 21.6. The maximum atomic E-state index is 12.2. The Bertz CT molecular complexity index is 886. The highest BCUT2D eigenvalue weighted by Crippen LogP contribution is 2.28. The summed E-state index contributed by atoms with van der Waals surface area (Å²) in [6.45, 7) is 5.49. The van der Waals surface area contributed by atoms with Crippen molar-refractivity contribution in [1.29, 1.82) is 5.26 Å². The second kappa shape index (κ2) is 11.2. The van der Waals surface area contributed by atoms with Crippen LogP contribution in [0.4, 0.5) is 5.69 Å². The van der Waals surface area contributed by atoms with Gasteiger partial charge in [0.15, 0.2) is 11.5 Å². The van der Waals surface area contributed by atoms with E-state index in [1.165, 1.54) is 18.3 Å². The van der Waals surface area contributed by atoms with Gasteiger partial charge in [-0.2, -0.15) is 5.26 Å². The van der Waals surface area contributed by atoms with Crippen LogP contribution in [-0.2, 0) is 11.2 Å². The van der Waals surface area contributed by atoms with E-state index < -0.39 is 5.91 Å². The molecule has 0 saturated carbocycles. The Morgan fingerprint density at radius 2 is 1.79 bits per heavy atom. The molecule has 0 aromatic heterocycles. The van der Waals surface area contributed by atoms with Crippen LogP contribution < -0.4 is 20.1 Å². The van der Waals surface area contributed by atoms with Crippen LogP contribution in [0.1, 0.15) is 19.4 Å². The van der Waals surface area contributed by atoms with Gasteiger partial charge in [0.05, 0.1) is 13.2 Å². The molecule has 7 nitrogen and oxygen atoms in total. The Labute approximate surface area is 170 Å². The molecule has 0 fully saturated rings. The van der Waals surface area contributed by atoms with Crippen LogP contribution in [0.25, 0.3) is 0 Å². The fourth-order valence-corrected chi connectivity index (χ4v) is 2.53. The lowest BCUT2D eigenvalue weighted by Crippen LogP contribution is -2.18. The molecule has 0 saturated heterocycles. The number of aromatic hydroxyl groups is 1. The average molecular weight is 395 g/mol. The van der Waals surface area contributed by atoms with Crippen molar-refractivity contribution < 1.29 is 19.4 Å². The number of anilines is 1. The third-order valence-corrected chi connectivity index (χ3v) is 3.90. The Balaban J connectivity index is 1.92. The number of amides is 1. The first-order chi connectivity index (χ1) is 14.1. The van der Waals surface area contributed by atoms with E-state index in [0.717, 1.165) is 5.56 Å². The third-order valence-electron chi connectivity index (χ3n) is 3.90. The third kappa shape index (κ3) is 6.78. The smallest absolute Gasteiger partial charge is 0.267 e. The number of carbonyl (C=O) groups is 1. The predicted octanol–water partition coefficient (Wildman–Crippen LogP) is 3.37. The number of hydrogen-bond donors (Lipinski definition) is 3. The molecule has 0 aliphatic rings. The fourth-order valence-electron chi connectivity index (χ4n) is 2.53. The summed E-state index contributed by atoms with van der Waals surface area (Å²) >= 11 is 0. The molecule has 152 valence electrons. The van der Waals surface area contributed by atoms with Crippen molar-refractivity contribution >= 4 is 11.6 Å². The molecule has 7 heteroatoms. The Morgan fingerprint density at radius 1 is 1.10 bits per heavy atom. The first-order valence-corrected chi connectivity index (χ1v) is 9.40. The molecule has 0 heterocycles. The number of nitrogens with one attached hydrogen (secondary N) is 2. The quantitative estimate of drug-likeness (QED) is 0.247. The van der Waals surface area contributed by atoms with E-state index in [4.69, 9.17) is 9.47 Å². The Hall–Kier alpha value is -3.66. The molecule has 2 rings (SSSR count). The summed E-state index contributed by atoms with van der Waals surface area (Å²) in [5.41, 5.74) is 1.50. The minimum Gasteiger partial charge on any atom is -0.508 e. The molecule has 0 aliphatic heterocycles. The summed E-state index contributed by atoms with van der Waals surface area (Å²) in [4.78, 5) is 12.2. The molecule has 0 atom stereocenters. The summed E-state index contributed by atoms with van der Waals surface area (Å²) in [5.74, 6) is 0.991. The second-order valence-corrected chi connectivity index (χ2v) is 6.02. The van der Waals surface area contributed by atoms with Gasteiger partial charge in [0, 0.05) is 18.4 Å². The summed E-state index contributed by atoms with van der Waals surface area (Å²) in [7, 11) is 0. The SMILES string of the molecule is CCOc1ccc(CCN/C=C(/C#N)C(=O)Nc2ccc(O)cc2)cc1OCC. The zero-order valence-electron chi connectivity index (χ0n) is 16.6. The number of hydrogen-bond acceptors (Lipinski definition) is 6. The van der Waals surface area contributed by atoms with E-state index in [9.17, 15) is 15.2 Å². The molecule has 2 aromatic rings. The lowest BCUT2D eigenvalue weighted by atomic mass is 10.1. The number of rotatable bonds is 10. The van der Waals surface area contributed by atoms with Gasteiger partial charge in [-0.05, 0) is 62.2 Å². The van der Waals surface area contributed by atoms with E-state index in [1.54, 1.807) is 12.1 Å². The first-order valence-electron chi connectivity index (χ1n) is 9.40. The van der Waals surface area contributed by atoms with Gasteiger partial charge in [0.2, 0.25) is 0 Å². The molecule has 0 bridgehead atoms. The zero-order chi connectivity index (χ0) is 21.1. The van der Waals surface area contributed by atoms with Gasteiger partial charge in [-0.3, -0.25) is 4.79 Å². The van der Waals surface area contributed by atoms with Crippen molar-refractivity contribution in [1.82, 2.24) is 5.32 Å².